The van der Waals surface area contributed by atoms with E-state index in [1.807, 2.05) is 6.07 Å². The summed E-state index contributed by atoms with van der Waals surface area (Å²) in [5, 5.41) is 3.99. The summed E-state index contributed by atoms with van der Waals surface area (Å²) in [6, 6.07) is 5.32. The summed E-state index contributed by atoms with van der Waals surface area (Å²) in [7, 11) is 0. The van der Waals surface area contributed by atoms with Crippen LogP contribution in [0, 0.1) is 0 Å². The summed E-state index contributed by atoms with van der Waals surface area (Å²) in [4.78, 5) is 0. The molecule has 0 heterocycles. The molecule has 0 aliphatic heterocycles. The summed E-state index contributed by atoms with van der Waals surface area (Å²) in [6.07, 6.45) is 0.475. The molecule has 1 aromatic rings. The Labute approximate surface area is 86.8 Å². The second-order valence-corrected chi connectivity index (χ2v) is 3.36. The minimum Gasteiger partial charge on any atom is -0.384 e. The lowest BCUT2D eigenvalue weighted by Crippen LogP contribution is -2.02. The van der Waals surface area contributed by atoms with Gasteiger partial charge in [-0.25, -0.2) is 0 Å². The molecule has 1 N–H and O–H groups in total. The lowest BCUT2D eigenvalue weighted by molar-refractivity contribution is 0.481. The predicted octanol–water partition coefficient (Wildman–Crippen LogP) is 3.76. The van der Waals surface area contributed by atoms with Crippen LogP contribution in [0.3, 0.4) is 0 Å². The highest BCUT2D eigenvalue weighted by molar-refractivity contribution is 6.43. The lowest BCUT2D eigenvalue weighted by Gasteiger charge is -2.07. The van der Waals surface area contributed by atoms with Gasteiger partial charge in [0.2, 0.25) is 0 Å². The van der Waals surface area contributed by atoms with Crippen LogP contribution in [0.25, 0.3) is 0 Å². The van der Waals surface area contributed by atoms with Crippen molar-refractivity contribution in [1.29, 1.82) is 0 Å². The molecule has 0 amide bonds. The van der Waals surface area contributed by atoms with E-state index in [2.05, 4.69) is 5.32 Å². The number of hydrogen-bond donors (Lipinski definition) is 1. The molecular formula is C9H10Cl2FN. The molecule has 1 nitrogen and oxygen atoms in total. The maximum Gasteiger partial charge on any atom is 0.0911 e. The molecule has 1 aromatic carbocycles. The van der Waals surface area contributed by atoms with Crippen molar-refractivity contribution in [3.05, 3.63) is 28.2 Å². The summed E-state index contributed by atoms with van der Waals surface area (Å²) in [5.41, 5.74) is 0.752. The topological polar surface area (TPSA) is 12.0 Å². The molecule has 0 radical (unpaired) electrons. The maximum absolute atomic E-state index is 11.8. The van der Waals surface area contributed by atoms with Crippen molar-refractivity contribution in [2.75, 3.05) is 18.5 Å². The number of halogens is 3. The molecule has 0 fully saturated rings. The molecule has 13 heavy (non-hydrogen) atoms. The summed E-state index contributed by atoms with van der Waals surface area (Å²) >= 11 is 11.7. The third kappa shape index (κ3) is 3.05. The Morgan fingerprint density at radius 2 is 2.08 bits per heavy atom. The molecule has 0 aromatic heterocycles. The summed E-state index contributed by atoms with van der Waals surface area (Å²) in [6.45, 7) is 0.238. The van der Waals surface area contributed by atoms with Crippen LogP contribution in [0.15, 0.2) is 18.2 Å². The first-order valence-corrected chi connectivity index (χ1v) is 4.75. The van der Waals surface area contributed by atoms with Crippen LogP contribution in [0.4, 0.5) is 10.1 Å². The van der Waals surface area contributed by atoms with E-state index in [-0.39, 0.29) is 6.67 Å². The van der Waals surface area contributed by atoms with Gasteiger partial charge in [0.25, 0.3) is 0 Å². The zero-order chi connectivity index (χ0) is 9.68. The molecule has 0 saturated heterocycles. The van der Waals surface area contributed by atoms with Gasteiger partial charge in [-0.1, -0.05) is 29.3 Å². The molecule has 0 aliphatic carbocycles. The molecule has 0 aliphatic rings. The van der Waals surface area contributed by atoms with Crippen molar-refractivity contribution >= 4 is 28.9 Å². The predicted molar refractivity (Wildman–Crippen MR) is 55.5 cm³/mol. The molecular weight excluding hydrogens is 212 g/mol. The minimum absolute atomic E-state index is 0.328. The van der Waals surface area contributed by atoms with Gasteiger partial charge in [0, 0.05) is 6.54 Å². The quantitative estimate of drug-likeness (QED) is 0.764. The number of nitrogens with one attached hydrogen (secondary N) is 1. The van der Waals surface area contributed by atoms with Crippen LogP contribution in [-0.2, 0) is 0 Å². The Morgan fingerprint density at radius 1 is 1.31 bits per heavy atom. The second kappa shape index (κ2) is 5.30. The van der Waals surface area contributed by atoms with E-state index in [0.717, 1.165) is 5.69 Å². The normalized spacial score (nSPS) is 10.1. The van der Waals surface area contributed by atoms with Gasteiger partial charge in [-0.2, -0.15) is 0 Å². The fourth-order valence-corrected chi connectivity index (χ4v) is 1.30. The van der Waals surface area contributed by atoms with Crippen molar-refractivity contribution < 1.29 is 4.39 Å². The van der Waals surface area contributed by atoms with Crippen LogP contribution in [-0.4, -0.2) is 13.2 Å². The Kier molecular flexibility index (Phi) is 4.33. The third-order valence-corrected chi connectivity index (χ3v) is 2.40. The molecule has 72 valence electrons. The molecule has 0 unspecified atom stereocenters. The number of alkyl halides is 1. The standard InChI is InChI=1S/C9H10Cl2FN/c10-7-3-1-4-8(9(7)11)13-6-2-5-12/h1,3-4,13H,2,5-6H2. The highest BCUT2D eigenvalue weighted by atomic mass is 35.5. The maximum atomic E-state index is 11.8. The molecule has 0 saturated carbocycles. The number of hydrogen-bond acceptors (Lipinski definition) is 1. The van der Waals surface area contributed by atoms with Gasteiger partial charge >= 0.3 is 0 Å². The van der Waals surface area contributed by atoms with Gasteiger partial charge in [-0.05, 0) is 18.6 Å². The SMILES string of the molecule is FCCCNc1cccc(Cl)c1Cl. The van der Waals surface area contributed by atoms with Crippen molar-refractivity contribution in [3.8, 4) is 0 Å². The summed E-state index contributed by atoms with van der Waals surface area (Å²) < 4.78 is 11.8. The van der Waals surface area contributed by atoms with Crippen molar-refractivity contribution in [2.45, 2.75) is 6.42 Å². The van der Waals surface area contributed by atoms with Gasteiger partial charge in [0.15, 0.2) is 0 Å². The van der Waals surface area contributed by atoms with E-state index in [1.165, 1.54) is 0 Å². The van der Waals surface area contributed by atoms with Gasteiger partial charge in [-0.3, -0.25) is 4.39 Å². The smallest absolute Gasteiger partial charge is 0.0911 e. The van der Waals surface area contributed by atoms with Crippen LogP contribution in [0.2, 0.25) is 10.0 Å². The number of anilines is 1. The molecule has 0 spiro atoms. The van der Waals surface area contributed by atoms with Gasteiger partial charge < -0.3 is 5.32 Å². The second-order valence-electron chi connectivity index (χ2n) is 2.57. The Bertz CT molecular complexity index is 278. The Morgan fingerprint density at radius 3 is 2.77 bits per heavy atom. The third-order valence-electron chi connectivity index (χ3n) is 1.58. The van der Waals surface area contributed by atoms with Crippen molar-refractivity contribution in [2.24, 2.45) is 0 Å². The van der Waals surface area contributed by atoms with Crippen LogP contribution in [0.1, 0.15) is 6.42 Å². The van der Waals surface area contributed by atoms with E-state index >= 15 is 0 Å². The van der Waals surface area contributed by atoms with Crippen molar-refractivity contribution in [3.63, 3.8) is 0 Å². The zero-order valence-corrected chi connectivity index (χ0v) is 8.50. The average molecular weight is 222 g/mol. The van der Waals surface area contributed by atoms with Gasteiger partial charge in [-0.15, -0.1) is 0 Å². The largest absolute Gasteiger partial charge is 0.384 e. The van der Waals surface area contributed by atoms with Crippen LogP contribution >= 0.6 is 23.2 Å². The van der Waals surface area contributed by atoms with Crippen LogP contribution < -0.4 is 5.32 Å². The molecule has 1 rings (SSSR count). The molecule has 4 heteroatoms. The van der Waals surface area contributed by atoms with E-state index in [0.29, 0.717) is 23.0 Å². The first kappa shape index (κ1) is 10.6. The average Bonchev–Trinajstić information content (AvgIpc) is 2.13. The fraction of sp³-hybridized carbons (Fsp3) is 0.333. The van der Waals surface area contributed by atoms with Crippen LogP contribution in [0.5, 0.6) is 0 Å². The monoisotopic (exact) mass is 221 g/mol. The van der Waals surface area contributed by atoms with E-state index in [9.17, 15) is 4.39 Å². The molecule has 0 bridgehead atoms. The first-order chi connectivity index (χ1) is 6.25. The first-order valence-electron chi connectivity index (χ1n) is 3.99. The Hall–Kier alpha value is -0.470. The highest BCUT2D eigenvalue weighted by Crippen LogP contribution is 2.29. The number of benzene rings is 1. The molecule has 0 atom stereocenters. The minimum atomic E-state index is -0.328. The van der Waals surface area contributed by atoms with E-state index in [1.54, 1.807) is 12.1 Å². The summed E-state index contributed by atoms with van der Waals surface area (Å²) in [5.74, 6) is 0. The van der Waals surface area contributed by atoms with E-state index < -0.39 is 0 Å². The van der Waals surface area contributed by atoms with Crippen molar-refractivity contribution in [1.82, 2.24) is 0 Å². The van der Waals surface area contributed by atoms with E-state index in [4.69, 9.17) is 23.2 Å². The fourth-order valence-electron chi connectivity index (χ4n) is 0.930. The Balaban J connectivity index is 2.61. The van der Waals surface area contributed by atoms with Gasteiger partial charge in [0.1, 0.15) is 0 Å². The highest BCUT2D eigenvalue weighted by Gasteiger charge is 2.02. The van der Waals surface area contributed by atoms with Gasteiger partial charge in [0.05, 0.1) is 22.4 Å². The zero-order valence-electron chi connectivity index (χ0n) is 6.99. The lowest BCUT2D eigenvalue weighted by atomic mass is 10.3. The number of rotatable bonds is 4.